The average molecular weight is 345 g/mol. The highest BCUT2D eigenvalue weighted by molar-refractivity contribution is 5.92. The Hall–Kier alpha value is -3.36. The van der Waals surface area contributed by atoms with Gasteiger partial charge in [0, 0.05) is 10.9 Å². The lowest BCUT2D eigenvalue weighted by Crippen LogP contribution is -2.17. The number of aromatic nitrogens is 4. The third kappa shape index (κ3) is 2.80. The van der Waals surface area contributed by atoms with E-state index < -0.39 is 6.36 Å². The van der Waals surface area contributed by atoms with E-state index in [1.54, 1.807) is 12.1 Å². The largest absolute Gasteiger partial charge is 0.573 e. The number of hydrogen-bond acceptors (Lipinski definition) is 5. The Morgan fingerprint density at radius 3 is 2.60 bits per heavy atom. The Morgan fingerprint density at radius 2 is 1.80 bits per heavy atom. The summed E-state index contributed by atoms with van der Waals surface area (Å²) < 4.78 is 42.5. The molecular weight excluding hydrogens is 335 g/mol. The van der Waals surface area contributed by atoms with Gasteiger partial charge in [-0.3, -0.25) is 0 Å². The zero-order chi connectivity index (χ0) is 17.6. The molecule has 126 valence electrons. The van der Waals surface area contributed by atoms with E-state index in [-0.39, 0.29) is 17.5 Å². The van der Waals surface area contributed by atoms with Gasteiger partial charge in [-0.25, -0.2) is 9.97 Å². The van der Waals surface area contributed by atoms with Gasteiger partial charge in [0.1, 0.15) is 5.75 Å². The van der Waals surface area contributed by atoms with Crippen molar-refractivity contribution in [1.82, 2.24) is 19.6 Å². The topological polar surface area (TPSA) is 78.3 Å². The molecule has 2 heterocycles. The van der Waals surface area contributed by atoms with Crippen LogP contribution < -0.4 is 10.5 Å². The molecule has 0 fully saturated rings. The Kier molecular flexibility index (Phi) is 3.24. The van der Waals surface area contributed by atoms with Crippen LogP contribution in [0.2, 0.25) is 0 Å². The van der Waals surface area contributed by atoms with Gasteiger partial charge < -0.3 is 10.5 Å². The highest BCUT2D eigenvalue weighted by atomic mass is 19.4. The smallest absolute Gasteiger partial charge is 0.406 e. The fourth-order valence-electron chi connectivity index (χ4n) is 2.53. The molecule has 0 aliphatic rings. The number of nitrogen functional groups attached to an aromatic ring is 1. The van der Waals surface area contributed by atoms with E-state index in [1.165, 1.54) is 22.7 Å². The monoisotopic (exact) mass is 345 g/mol. The Morgan fingerprint density at radius 1 is 1.00 bits per heavy atom. The summed E-state index contributed by atoms with van der Waals surface area (Å²) in [5.41, 5.74) is 7.40. The highest BCUT2D eigenvalue weighted by Gasteiger charge is 2.31. The van der Waals surface area contributed by atoms with Gasteiger partial charge in [0.05, 0.1) is 5.52 Å². The first-order valence-corrected chi connectivity index (χ1v) is 7.18. The predicted molar refractivity (Wildman–Crippen MR) is 84.8 cm³/mol. The van der Waals surface area contributed by atoms with Gasteiger partial charge in [0.15, 0.2) is 11.5 Å². The number of anilines is 1. The SMILES string of the molecule is Nc1nc2ccccc2c2nc(-c3cccc(OC(F)(F)F)c3)nn12. The lowest BCUT2D eigenvalue weighted by atomic mass is 10.2. The van der Waals surface area contributed by atoms with Crippen molar-refractivity contribution in [2.45, 2.75) is 6.36 Å². The predicted octanol–water partition coefficient (Wildman–Crippen LogP) is 3.43. The molecule has 2 aromatic heterocycles. The third-order valence-electron chi connectivity index (χ3n) is 3.53. The van der Waals surface area contributed by atoms with Crippen LogP contribution in [0.25, 0.3) is 27.9 Å². The molecule has 0 aliphatic carbocycles. The van der Waals surface area contributed by atoms with Gasteiger partial charge in [-0.1, -0.05) is 24.3 Å². The summed E-state index contributed by atoms with van der Waals surface area (Å²) in [7, 11) is 0. The Labute approximate surface area is 138 Å². The lowest BCUT2D eigenvalue weighted by Gasteiger charge is -2.08. The maximum Gasteiger partial charge on any atom is 0.573 e. The number of ether oxygens (including phenoxy) is 1. The quantitative estimate of drug-likeness (QED) is 0.602. The van der Waals surface area contributed by atoms with E-state index in [4.69, 9.17) is 5.73 Å². The molecule has 6 nitrogen and oxygen atoms in total. The minimum atomic E-state index is -4.77. The molecule has 0 amide bonds. The van der Waals surface area contributed by atoms with Gasteiger partial charge in [-0.05, 0) is 24.3 Å². The standard InChI is InChI=1S/C16H10F3N5O/c17-16(18,19)25-10-5-3-4-9(8-10)13-22-14-11-6-1-2-7-12(11)21-15(20)24(14)23-13/h1-8H,(H2,20,21). The normalized spacial score (nSPS) is 12.0. The average Bonchev–Trinajstić information content (AvgIpc) is 3.00. The second-order valence-corrected chi connectivity index (χ2v) is 5.23. The molecule has 0 bridgehead atoms. The molecule has 0 unspecified atom stereocenters. The van der Waals surface area contributed by atoms with Crippen LogP contribution in [0.15, 0.2) is 48.5 Å². The van der Waals surface area contributed by atoms with Crippen molar-refractivity contribution < 1.29 is 17.9 Å². The minimum absolute atomic E-state index is 0.134. The summed E-state index contributed by atoms with van der Waals surface area (Å²) in [6, 6.07) is 12.7. The molecule has 0 atom stereocenters. The molecule has 4 aromatic rings. The van der Waals surface area contributed by atoms with Crippen LogP contribution >= 0.6 is 0 Å². The van der Waals surface area contributed by atoms with Crippen LogP contribution in [0.4, 0.5) is 19.1 Å². The summed E-state index contributed by atoms with van der Waals surface area (Å²) in [6.07, 6.45) is -4.77. The zero-order valence-electron chi connectivity index (χ0n) is 12.5. The first-order chi connectivity index (χ1) is 11.9. The Balaban J connectivity index is 1.86. The number of alkyl halides is 3. The van der Waals surface area contributed by atoms with E-state index >= 15 is 0 Å². The van der Waals surface area contributed by atoms with E-state index in [0.717, 1.165) is 5.39 Å². The number of para-hydroxylation sites is 1. The van der Waals surface area contributed by atoms with E-state index in [9.17, 15) is 13.2 Å². The van der Waals surface area contributed by atoms with E-state index in [1.807, 2.05) is 18.2 Å². The lowest BCUT2D eigenvalue weighted by molar-refractivity contribution is -0.274. The van der Waals surface area contributed by atoms with Gasteiger partial charge in [-0.15, -0.1) is 18.3 Å². The van der Waals surface area contributed by atoms with E-state index in [2.05, 4.69) is 19.8 Å². The van der Waals surface area contributed by atoms with Crippen LogP contribution in [0.5, 0.6) is 5.75 Å². The minimum Gasteiger partial charge on any atom is -0.406 e. The van der Waals surface area contributed by atoms with Gasteiger partial charge in [0.2, 0.25) is 5.95 Å². The van der Waals surface area contributed by atoms with Crippen molar-refractivity contribution in [1.29, 1.82) is 0 Å². The van der Waals surface area contributed by atoms with Crippen molar-refractivity contribution in [3.63, 3.8) is 0 Å². The van der Waals surface area contributed by atoms with Gasteiger partial charge in [-0.2, -0.15) is 4.52 Å². The van der Waals surface area contributed by atoms with Crippen molar-refractivity contribution >= 4 is 22.5 Å². The van der Waals surface area contributed by atoms with Crippen LogP contribution in [0, 0.1) is 0 Å². The molecule has 2 N–H and O–H groups in total. The van der Waals surface area contributed by atoms with Crippen molar-refractivity contribution in [2.24, 2.45) is 0 Å². The number of nitrogens with zero attached hydrogens (tertiary/aromatic N) is 4. The highest BCUT2D eigenvalue weighted by Crippen LogP contribution is 2.28. The van der Waals surface area contributed by atoms with Crippen LogP contribution in [-0.4, -0.2) is 25.9 Å². The van der Waals surface area contributed by atoms with Crippen molar-refractivity contribution in [3.8, 4) is 17.1 Å². The molecule has 0 radical (unpaired) electrons. The van der Waals surface area contributed by atoms with Crippen LogP contribution in [0.3, 0.4) is 0 Å². The van der Waals surface area contributed by atoms with Crippen LogP contribution in [0.1, 0.15) is 0 Å². The molecular formula is C16H10F3N5O. The molecule has 0 aliphatic heterocycles. The molecule has 2 aromatic carbocycles. The number of nitrogens with two attached hydrogens (primary N) is 1. The summed E-state index contributed by atoms with van der Waals surface area (Å²) in [5.74, 6) is 0.00688. The third-order valence-corrected chi connectivity index (χ3v) is 3.53. The first kappa shape index (κ1) is 15.2. The number of hydrogen-bond donors (Lipinski definition) is 1. The number of benzene rings is 2. The summed E-state index contributed by atoms with van der Waals surface area (Å²) in [4.78, 5) is 8.65. The molecule has 0 spiro atoms. The second-order valence-electron chi connectivity index (χ2n) is 5.23. The van der Waals surface area contributed by atoms with Gasteiger partial charge in [0.25, 0.3) is 0 Å². The number of halogens is 3. The number of fused-ring (bicyclic) bond motifs is 3. The molecule has 9 heteroatoms. The van der Waals surface area contributed by atoms with Gasteiger partial charge >= 0.3 is 6.36 Å². The Bertz CT molecular complexity index is 1090. The van der Waals surface area contributed by atoms with Crippen molar-refractivity contribution in [3.05, 3.63) is 48.5 Å². The summed E-state index contributed by atoms with van der Waals surface area (Å²) >= 11 is 0. The fraction of sp³-hybridized carbons (Fsp3) is 0.0625. The summed E-state index contributed by atoms with van der Waals surface area (Å²) in [6.45, 7) is 0. The molecule has 0 saturated heterocycles. The summed E-state index contributed by atoms with van der Waals surface area (Å²) in [5, 5.41) is 4.99. The maximum absolute atomic E-state index is 12.4. The van der Waals surface area contributed by atoms with Crippen molar-refractivity contribution in [2.75, 3.05) is 5.73 Å². The first-order valence-electron chi connectivity index (χ1n) is 7.18. The molecule has 0 saturated carbocycles. The molecule has 25 heavy (non-hydrogen) atoms. The molecule has 4 rings (SSSR count). The zero-order valence-corrected chi connectivity index (χ0v) is 12.5. The van der Waals surface area contributed by atoms with E-state index in [0.29, 0.717) is 16.7 Å². The number of rotatable bonds is 2. The maximum atomic E-state index is 12.4. The fourth-order valence-corrected chi connectivity index (χ4v) is 2.53. The second kappa shape index (κ2) is 5.33. The van der Waals surface area contributed by atoms with Crippen LogP contribution in [-0.2, 0) is 0 Å².